The van der Waals surface area contributed by atoms with Crippen LogP contribution in [-0.2, 0) is 0 Å². The number of nitrogens with zero attached hydrogens (tertiary/aromatic N) is 4. The number of ether oxygens (including phenoxy) is 1. The Balaban J connectivity index is 2.58. The van der Waals surface area contributed by atoms with E-state index in [0.717, 1.165) is 19.5 Å². The Bertz CT molecular complexity index is 368. The summed E-state index contributed by atoms with van der Waals surface area (Å²) in [5.41, 5.74) is 5.69. The summed E-state index contributed by atoms with van der Waals surface area (Å²) < 4.78 is 5.54. The monoisotopic (exact) mass is 267 g/mol. The van der Waals surface area contributed by atoms with E-state index < -0.39 is 0 Å². The number of anilines is 2. The molecule has 0 unspecified atom stereocenters. The van der Waals surface area contributed by atoms with Crippen molar-refractivity contribution < 1.29 is 4.74 Å². The maximum absolute atomic E-state index is 5.69. The van der Waals surface area contributed by atoms with Crippen LogP contribution in [0.4, 0.5) is 11.9 Å². The predicted molar refractivity (Wildman–Crippen MR) is 77.4 cm³/mol. The summed E-state index contributed by atoms with van der Waals surface area (Å²) in [6, 6.07) is 0.325. The van der Waals surface area contributed by atoms with Crippen LogP contribution in [0.25, 0.3) is 0 Å². The first kappa shape index (κ1) is 15.5. The highest BCUT2D eigenvalue weighted by Gasteiger charge is 2.10. The topological polar surface area (TPSA) is 77.2 Å². The molecular weight excluding hydrogens is 242 g/mol. The van der Waals surface area contributed by atoms with E-state index in [4.69, 9.17) is 10.5 Å². The molecule has 0 aliphatic heterocycles. The lowest BCUT2D eigenvalue weighted by molar-refractivity contribution is 0.281. The minimum absolute atomic E-state index is 0.209. The van der Waals surface area contributed by atoms with Gasteiger partial charge in [0.1, 0.15) is 0 Å². The molecule has 0 aliphatic carbocycles. The van der Waals surface area contributed by atoms with Crippen molar-refractivity contribution in [3.63, 3.8) is 0 Å². The summed E-state index contributed by atoms with van der Waals surface area (Å²) in [7, 11) is 0. The van der Waals surface area contributed by atoms with Crippen LogP contribution >= 0.6 is 0 Å². The molecule has 1 heterocycles. The minimum atomic E-state index is 0.209. The van der Waals surface area contributed by atoms with E-state index in [1.807, 2.05) is 4.90 Å². The Kier molecular flexibility index (Phi) is 6.92. The number of hydrogen-bond acceptors (Lipinski definition) is 6. The number of hydrogen-bond donors (Lipinski definition) is 1. The third-order valence-electron chi connectivity index (χ3n) is 2.90. The second-order valence-electron chi connectivity index (χ2n) is 4.36. The van der Waals surface area contributed by atoms with Crippen LogP contribution in [0.5, 0.6) is 6.01 Å². The Labute approximate surface area is 115 Å². The van der Waals surface area contributed by atoms with Crippen molar-refractivity contribution in [1.82, 2.24) is 15.0 Å². The first-order valence-electron chi connectivity index (χ1n) is 7.10. The lowest BCUT2D eigenvalue weighted by Crippen LogP contribution is -2.25. The van der Waals surface area contributed by atoms with Crippen LogP contribution in [0.1, 0.15) is 46.5 Å². The van der Waals surface area contributed by atoms with Gasteiger partial charge < -0.3 is 15.4 Å². The Morgan fingerprint density at radius 3 is 2.37 bits per heavy atom. The zero-order valence-corrected chi connectivity index (χ0v) is 12.2. The lowest BCUT2D eigenvalue weighted by Gasteiger charge is -2.18. The van der Waals surface area contributed by atoms with Gasteiger partial charge in [0.05, 0.1) is 6.61 Å². The third-order valence-corrected chi connectivity index (χ3v) is 2.90. The Morgan fingerprint density at radius 2 is 1.74 bits per heavy atom. The Hall–Kier alpha value is -1.59. The van der Waals surface area contributed by atoms with E-state index in [2.05, 4.69) is 35.7 Å². The summed E-state index contributed by atoms with van der Waals surface area (Å²) >= 11 is 0. The molecule has 6 heteroatoms. The van der Waals surface area contributed by atoms with Crippen LogP contribution < -0.4 is 15.4 Å². The van der Waals surface area contributed by atoms with E-state index in [1.165, 1.54) is 19.3 Å². The highest BCUT2D eigenvalue weighted by Crippen LogP contribution is 2.13. The van der Waals surface area contributed by atoms with Gasteiger partial charge in [0, 0.05) is 13.1 Å². The highest BCUT2D eigenvalue weighted by atomic mass is 16.5. The fourth-order valence-electron chi connectivity index (χ4n) is 1.77. The zero-order chi connectivity index (χ0) is 14.1. The predicted octanol–water partition coefficient (Wildman–Crippen LogP) is 2.26. The quantitative estimate of drug-likeness (QED) is 0.691. The highest BCUT2D eigenvalue weighted by molar-refractivity contribution is 5.35. The average Bonchev–Trinajstić information content (AvgIpc) is 2.39. The van der Waals surface area contributed by atoms with Crippen LogP contribution in [0.3, 0.4) is 0 Å². The van der Waals surface area contributed by atoms with Crippen LogP contribution in [-0.4, -0.2) is 34.6 Å². The standard InChI is InChI=1S/C13H25N5O/c1-4-7-8-9-10-19-13-16-11(14)15-12(17-13)18(5-2)6-3/h4-10H2,1-3H3,(H2,14,15,16,17). The molecule has 0 amide bonds. The molecule has 0 aliphatic rings. The van der Waals surface area contributed by atoms with Gasteiger partial charge in [0.25, 0.3) is 0 Å². The van der Waals surface area contributed by atoms with Crippen molar-refractivity contribution >= 4 is 11.9 Å². The molecule has 0 saturated heterocycles. The molecule has 19 heavy (non-hydrogen) atoms. The number of rotatable bonds is 9. The summed E-state index contributed by atoms with van der Waals surface area (Å²) in [5.74, 6) is 0.793. The maximum Gasteiger partial charge on any atom is 0.323 e. The molecule has 0 aromatic carbocycles. The van der Waals surface area contributed by atoms with Crippen LogP contribution in [0, 0.1) is 0 Å². The van der Waals surface area contributed by atoms with Gasteiger partial charge >= 0.3 is 6.01 Å². The molecule has 0 radical (unpaired) electrons. The number of nitrogen functional groups attached to an aromatic ring is 1. The maximum atomic E-state index is 5.69. The molecule has 0 fully saturated rings. The largest absolute Gasteiger partial charge is 0.463 e. The van der Waals surface area contributed by atoms with Crippen LogP contribution in [0.15, 0.2) is 0 Å². The molecule has 0 bridgehead atoms. The number of unbranched alkanes of at least 4 members (excludes halogenated alkanes) is 3. The molecule has 2 N–H and O–H groups in total. The van der Waals surface area contributed by atoms with Crippen molar-refractivity contribution in [1.29, 1.82) is 0 Å². The first-order chi connectivity index (χ1) is 9.21. The zero-order valence-electron chi connectivity index (χ0n) is 12.2. The van der Waals surface area contributed by atoms with Crippen LogP contribution in [0.2, 0.25) is 0 Å². The van der Waals surface area contributed by atoms with Crippen molar-refractivity contribution in [2.75, 3.05) is 30.3 Å². The number of nitrogens with two attached hydrogens (primary N) is 1. The van der Waals surface area contributed by atoms with Gasteiger partial charge in [-0.2, -0.15) is 15.0 Å². The molecule has 1 aromatic heterocycles. The summed E-state index contributed by atoms with van der Waals surface area (Å²) in [4.78, 5) is 14.5. The van der Waals surface area contributed by atoms with Gasteiger partial charge in [-0.3, -0.25) is 0 Å². The van der Waals surface area contributed by atoms with E-state index in [1.54, 1.807) is 0 Å². The minimum Gasteiger partial charge on any atom is -0.463 e. The van der Waals surface area contributed by atoms with Crippen molar-refractivity contribution in [3.05, 3.63) is 0 Å². The molecule has 0 atom stereocenters. The van der Waals surface area contributed by atoms with Crippen molar-refractivity contribution in [3.8, 4) is 6.01 Å². The summed E-state index contributed by atoms with van der Waals surface area (Å²) in [5, 5.41) is 0. The van der Waals surface area contributed by atoms with E-state index in [-0.39, 0.29) is 5.95 Å². The first-order valence-corrected chi connectivity index (χ1v) is 7.10. The van der Waals surface area contributed by atoms with Crippen molar-refractivity contribution in [2.24, 2.45) is 0 Å². The average molecular weight is 267 g/mol. The molecule has 6 nitrogen and oxygen atoms in total. The molecule has 1 aromatic rings. The van der Waals surface area contributed by atoms with Gasteiger partial charge in [0.2, 0.25) is 11.9 Å². The molecule has 108 valence electrons. The lowest BCUT2D eigenvalue weighted by atomic mass is 10.2. The molecular formula is C13H25N5O. The normalized spacial score (nSPS) is 10.5. The second-order valence-corrected chi connectivity index (χ2v) is 4.36. The SMILES string of the molecule is CCCCCCOc1nc(N)nc(N(CC)CC)n1. The molecule has 0 spiro atoms. The van der Waals surface area contributed by atoms with Gasteiger partial charge in [-0.05, 0) is 20.3 Å². The summed E-state index contributed by atoms with van der Waals surface area (Å²) in [6.45, 7) is 8.57. The van der Waals surface area contributed by atoms with Gasteiger partial charge in [-0.1, -0.05) is 26.2 Å². The smallest absolute Gasteiger partial charge is 0.323 e. The van der Waals surface area contributed by atoms with E-state index in [9.17, 15) is 0 Å². The second kappa shape index (κ2) is 8.50. The third kappa shape index (κ3) is 5.28. The van der Waals surface area contributed by atoms with Gasteiger partial charge in [-0.25, -0.2) is 0 Å². The molecule has 1 rings (SSSR count). The summed E-state index contributed by atoms with van der Waals surface area (Å²) in [6.07, 6.45) is 4.62. The van der Waals surface area contributed by atoms with Gasteiger partial charge in [0.15, 0.2) is 0 Å². The fourth-order valence-corrected chi connectivity index (χ4v) is 1.77. The van der Waals surface area contributed by atoms with E-state index in [0.29, 0.717) is 18.6 Å². The Morgan fingerprint density at radius 1 is 1.00 bits per heavy atom. The van der Waals surface area contributed by atoms with Crippen molar-refractivity contribution in [2.45, 2.75) is 46.5 Å². The fraction of sp³-hybridized carbons (Fsp3) is 0.769. The molecule has 0 saturated carbocycles. The number of aromatic nitrogens is 3. The van der Waals surface area contributed by atoms with Gasteiger partial charge in [-0.15, -0.1) is 0 Å². The van der Waals surface area contributed by atoms with E-state index >= 15 is 0 Å².